The van der Waals surface area contributed by atoms with Gasteiger partial charge >= 0.3 is 0 Å². The van der Waals surface area contributed by atoms with Gasteiger partial charge in [0.2, 0.25) is 0 Å². The summed E-state index contributed by atoms with van der Waals surface area (Å²) < 4.78 is 13.6. The third kappa shape index (κ3) is 7.57. The molecule has 19 aromatic rings. The van der Waals surface area contributed by atoms with Gasteiger partial charge in [0.15, 0.2) is 0 Å². The molecule has 0 bridgehead atoms. The van der Waals surface area contributed by atoms with Crippen LogP contribution in [0.15, 0.2) is 306 Å². The quantitative estimate of drug-likeness (QED) is 0.155. The molecule has 412 valence electrons. The van der Waals surface area contributed by atoms with Gasteiger partial charge in [-0.05, 0) is 209 Å². The Bertz CT molecular complexity index is 6120. The molecule has 0 atom stereocenters. The zero-order valence-corrected chi connectivity index (χ0v) is 48.6. The summed E-state index contributed by atoms with van der Waals surface area (Å²) in [5, 5.41) is 24.0. The number of furan rings is 2. The molecule has 0 amide bonds. The van der Waals surface area contributed by atoms with Crippen molar-refractivity contribution in [2.75, 3.05) is 0 Å². The highest BCUT2D eigenvalue weighted by molar-refractivity contribution is 6.26. The number of aryl methyl sites for hydroxylation is 1. The SMILES string of the molecule is Cc1c2ccccc2cc2c1oc1ccc(-c3c4ccccc4c(-c4ccc5cc(-c6ccc(-c7c8ccccc8cc8c7oc7ccc(-c9c%10ccccc%10c(-c%10ccc%11ccccc%11c%10)c%10ccccc9%10)cc78)cc6)ccc5c4)c4ccccc34)cc12. The summed E-state index contributed by atoms with van der Waals surface area (Å²) in [5.74, 6) is 0. The molecule has 0 N–H and O–H groups in total. The van der Waals surface area contributed by atoms with Crippen molar-refractivity contribution >= 4 is 130 Å². The monoisotopic (exact) mass is 1130 g/mol. The van der Waals surface area contributed by atoms with Crippen LogP contribution < -0.4 is 0 Å². The number of rotatable bonds is 6. The lowest BCUT2D eigenvalue weighted by Gasteiger charge is -2.18. The van der Waals surface area contributed by atoms with E-state index in [0.29, 0.717) is 0 Å². The Morgan fingerprint density at radius 3 is 0.989 bits per heavy atom. The molecule has 0 aliphatic carbocycles. The zero-order chi connectivity index (χ0) is 58.4. The molecule has 89 heavy (non-hydrogen) atoms. The predicted molar refractivity (Wildman–Crippen MR) is 378 cm³/mol. The van der Waals surface area contributed by atoms with Crippen LogP contribution in [0.25, 0.3) is 197 Å². The second kappa shape index (κ2) is 19.2. The summed E-state index contributed by atoms with van der Waals surface area (Å²) in [4.78, 5) is 0. The van der Waals surface area contributed by atoms with Gasteiger partial charge in [0.05, 0.1) is 0 Å². The second-order valence-corrected chi connectivity index (χ2v) is 24.2. The Hall–Kier alpha value is -11.6. The van der Waals surface area contributed by atoms with E-state index >= 15 is 0 Å². The van der Waals surface area contributed by atoms with Crippen molar-refractivity contribution in [2.24, 2.45) is 0 Å². The standard InChI is InChI=1S/C87H52O2/c1-51-65-20-6-4-18-59(65)47-77-75-49-63(40-42-79(75)88-86(51)77)83-73-28-14-10-24-69(73)82(70-25-11-15-29-74(70)83)62-39-37-57-44-56(35-36-58(57)46-62)53-30-33-54(34-31-53)85-66-21-7-5-19-60(66)48-78-76-50-64(41-43-80(76)89-87(78)85)84-71-26-12-8-22-67(71)81(68-23-9-13-27-72(68)84)61-38-32-52-16-2-3-17-55(52)45-61/h2-50H,1H3. The summed E-state index contributed by atoms with van der Waals surface area (Å²) >= 11 is 0. The molecule has 0 unspecified atom stereocenters. The van der Waals surface area contributed by atoms with Gasteiger partial charge in [0.1, 0.15) is 22.3 Å². The molecule has 0 fully saturated rings. The predicted octanol–water partition coefficient (Wildman–Crippen LogP) is 25.0. The molecule has 0 saturated carbocycles. The molecule has 0 aliphatic rings. The van der Waals surface area contributed by atoms with Crippen LogP contribution in [0.5, 0.6) is 0 Å². The Morgan fingerprint density at radius 1 is 0.180 bits per heavy atom. The number of fused-ring (bicyclic) bond motifs is 14. The van der Waals surface area contributed by atoms with Gasteiger partial charge in [-0.1, -0.05) is 243 Å². The normalized spacial score (nSPS) is 12.1. The first kappa shape index (κ1) is 49.7. The summed E-state index contributed by atoms with van der Waals surface area (Å²) in [6.07, 6.45) is 0. The molecular formula is C87H52O2. The molecule has 0 aliphatic heterocycles. The molecule has 2 aromatic heterocycles. The van der Waals surface area contributed by atoms with Crippen LogP contribution in [0.1, 0.15) is 5.56 Å². The van der Waals surface area contributed by atoms with Crippen molar-refractivity contribution in [2.45, 2.75) is 6.92 Å². The molecule has 17 aromatic carbocycles. The van der Waals surface area contributed by atoms with Gasteiger partial charge in [0.25, 0.3) is 0 Å². The van der Waals surface area contributed by atoms with Crippen LogP contribution in [0.3, 0.4) is 0 Å². The molecule has 19 rings (SSSR count). The van der Waals surface area contributed by atoms with E-state index < -0.39 is 0 Å². The van der Waals surface area contributed by atoms with E-state index in [-0.39, 0.29) is 0 Å². The maximum Gasteiger partial charge on any atom is 0.143 e. The minimum atomic E-state index is 0.873. The Labute approximate surface area is 512 Å². The third-order valence-electron chi connectivity index (χ3n) is 19.3. The first-order valence-corrected chi connectivity index (χ1v) is 30.8. The van der Waals surface area contributed by atoms with Crippen molar-refractivity contribution in [3.8, 4) is 66.8 Å². The van der Waals surface area contributed by atoms with Crippen LogP contribution in [0, 0.1) is 6.92 Å². The van der Waals surface area contributed by atoms with E-state index in [2.05, 4.69) is 304 Å². The summed E-state index contributed by atoms with van der Waals surface area (Å²) in [6.45, 7) is 2.18. The van der Waals surface area contributed by atoms with Gasteiger partial charge in [-0.15, -0.1) is 0 Å². The van der Waals surface area contributed by atoms with Crippen LogP contribution >= 0.6 is 0 Å². The summed E-state index contributed by atoms with van der Waals surface area (Å²) in [7, 11) is 0. The van der Waals surface area contributed by atoms with Gasteiger partial charge in [-0.2, -0.15) is 0 Å². The Balaban J connectivity index is 0.685. The Kier molecular flexibility index (Phi) is 10.7. The van der Waals surface area contributed by atoms with E-state index in [4.69, 9.17) is 8.83 Å². The largest absolute Gasteiger partial charge is 0.456 e. The van der Waals surface area contributed by atoms with Crippen LogP contribution in [-0.4, -0.2) is 0 Å². The maximum absolute atomic E-state index is 7.04. The van der Waals surface area contributed by atoms with Gasteiger partial charge in [0, 0.05) is 32.7 Å². The fourth-order valence-corrected chi connectivity index (χ4v) is 15.2. The Morgan fingerprint density at radius 2 is 0.494 bits per heavy atom. The number of hydrogen-bond donors (Lipinski definition) is 0. The summed E-state index contributed by atoms with van der Waals surface area (Å²) in [6, 6.07) is 110. The topological polar surface area (TPSA) is 26.3 Å². The lowest BCUT2D eigenvalue weighted by atomic mass is 9.85. The highest BCUT2D eigenvalue weighted by atomic mass is 16.3. The molecule has 0 saturated heterocycles. The van der Waals surface area contributed by atoms with E-state index in [1.54, 1.807) is 0 Å². The van der Waals surface area contributed by atoms with Crippen LogP contribution in [0.4, 0.5) is 0 Å². The van der Waals surface area contributed by atoms with Crippen LogP contribution in [-0.2, 0) is 0 Å². The first-order valence-electron chi connectivity index (χ1n) is 30.8. The van der Waals surface area contributed by atoms with Crippen molar-refractivity contribution < 1.29 is 8.83 Å². The third-order valence-corrected chi connectivity index (χ3v) is 19.3. The van der Waals surface area contributed by atoms with Gasteiger partial charge < -0.3 is 8.83 Å². The van der Waals surface area contributed by atoms with Crippen molar-refractivity contribution in [3.05, 3.63) is 303 Å². The fourth-order valence-electron chi connectivity index (χ4n) is 15.2. The molecule has 2 heterocycles. The molecule has 2 heteroatoms. The van der Waals surface area contributed by atoms with Crippen molar-refractivity contribution in [3.63, 3.8) is 0 Å². The minimum absolute atomic E-state index is 0.873. The van der Waals surface area contributed by atoms with E-state index in [9.17, 15) is 0 Å². The average molecular weight is 1130 g/mol. The molecule has 0 spiro atoms. The zero-order valence-electron chi connectivity index (χ0n) is 48.6. The van der Waals surface area contributed by atoms with Crippen LogP contribution in [0.2, 0.25) is 0 Å². The fraction of sp³-hybridized carbons (Fsp3) is 0.0115. The van der Waals surface area contributed by atoms with Crippen molar-refractivity contribution in [1.82, 2.24) is 0 Å². The first-order chi connectivity index (χ1) is 44.0. The van der Waals surface area contributed by atoms with E-state index in [1.165, 1.54) is 136 Å². The summed E-state index contributed by atoms with van der Waals surface area (Å²) in [5.41, 5.74) is 19.1. The average Bonchev–Trinajstić information content (AvgIpc) is 1.80. The maximum atomic E-state index is 7.04. The lowest BCUT2D eigenvalue weighted by Crippen LogP contribution is -1.91. The number of benzene rings is 17. The van der Waals surface area contributed by atoms with Gasteiger partial charge in [-0.25, -0.2) is 0 Å². The minimum Gasteiger partial charge on any atom is -0.456 e. The highest BCUT2D eigenvalue weighted by Gasteiger charge is 2.23. The van der Waals surface area contributed by atoms with E-state index in [1.807, 2.05) is 0 Å². The van der Waals surface area contributed by atoms with Gasteiger partial charge in [-0.3, -0.25) is 0 Å². The molecule has 2 nitrogen and oxygen atoms in total. The lowest BCUT2D eigenvalue weighted by molar-refractivity contribution is 0.666. The number of hydrogen-bond acceptors (Lipinski definition) is 2. The molecule has 0 radical (unpaired) electrons. The smallest absolute Gasteiger partial charge is 0.143 e. The highest BCUT2D eigenvalue weighted by Crippen LogP contribution is 2.49. The molecular weight excluding hydrogens is 1080 g/mol. The second-order valence-electron chi connectivity index (χ2n) is 24.2. The van der Waals surface area contributed by atoms with Crippen molar-refractivity contribution in [1.29, 1.82) is 0 Å². The van der Waals surface area contributed by atoms with E-state index in [0.717, 1.165) is 66.1 Å².